The molecule has 0 unspecified atom stereocenters. The number of hydrogen-bond donors (Lipinski definition) is 3. The first-order chi connectivity index (χ1) is 11.7. The zero-order valence-electron chi connectivity index (χ0n) is 12.4. The fourth-order valence-electron chi connectivity index (χ4n) is 2.52. The molecular formula is C17H12N4O2S. The normalized spacial score (nSPS) is 10.8. The molecule has 4 aromatic rings. The van der Waals surface area contributed by atoms with E-state index in [-0.39, 0.29) is 11.2 Å². The average molecular weight is 336 g/mol. The summed E-state index contributed by atoms with van der Waals surface area (Å²) in [6, 6.07) is 16.8. The van der Waals surface area contributed by atoms with E-state index in [2.05, 4.69) is 19.9 Å². The largest absolute Gasteiger partial charge is 0.314 e. The van der Waals surface area contributed by atoms with Crippen LogP contribution in [0.4, 0.5) is 5.69 Å². The lowest BCUT2D eigenvalue weighted by atomic mass is 10.1. The number of carbonyl (C=O) groups excluding carboxylic acids is 1. The molecule has 0 aliphatic heterocycles. The monoisotopic (exact) mass is 336 g/mol. The second-order valence-corrected chi connectivity index (χ2v) is 5.98. The van der Waals surface area contributed by atoms with E-state index in [1.54, 1.807) is 0 Å². The van der Waals surface area contributed by atoms with Crippen molar-refractivity contribution in [3.63, 3.8) is 0 Å². The number of rotatable bonds is 3. The first-order valence-corrected chi connectivity index (χ1v) is 8.03. The Balaban J connectivity index is 1.73. The zero-order valence-corrected chi connectivity index (χ0v) is 13.2. The molecule has 2 heterocycles. The van der Waals surface area contributed by atoms with Crippen molar-refractivity contribution < 1.29 is 4.79 Å². The van der Waals surface area contributed by atoms with Crippen LogP contribution in [0.2, 0.25) is 0 Å². The Kier molecular flexibility index (Phi) is 3.47. The summed E-state index contributed by atoms with van der Waals surface area (Å²) in [6.45, 7) is 0. The van der Waals surface area contributed by atoms with Crippen LogP contribution in [0.25, 0.3) is 21.3 Å². The molecule has 0 saturated heterocycles. The summed E-state index contributed by atoms with van der Waals surface area (Å²) < 4.78 is 5.14. The van der Waals surface area contributed by atoms with Crippen molar-refractivity contribution in [1.82, 2.24) is 14.6 Å². The van der Waals surface area contributed by atoms with Crippen LogP contribution in [0.1, 0.15) is 10.5 Å². The smallest absolute Gasteiger partial charge is 0.288 e. The molecule has 7 heteroatoms. The third-order valence-corrected chi connectivity index (χ3v) is 4.50. The molecule has 0 radical (unpaired) electrons. The summed E-state index contributed by atoms with van der Waals surface area (Å²) in [4.78, 5) is 24.7. The van der Waals surface area contributed by atoms with Gasteiger partial charge in [-0.3, -0.25) is 19.8 Å². The minimum absolute atomic E-state index is 0.184. The maximum absolute atomic E-state index is 12.6. The van der Waals surface area contributed by atoms with Crippen LogP contribution in [-0.4, -0.2) is 20.5 Å². The fourth-order valence-corrected chi connectivity index (χ4v) is 3.29. The van der Waals surface area contributed by atoms with Gasteiger partial charge in [-0.05, 0) is 17.6 Å². The molecule has 1 amide bonds. The Morgan fingerprint density at radius 1 is 1.00 bits per heavy atom. The van der Waals surface area contributed by atoms with Crippen LogP contribution in [0, 0.1) is 0 Å². The van der Waals surface area contributed by atoms with Gasteiger partial charge in [-0.25, -0.2) is 0 Å². The molecule has 2 aromatic heterocycles. The highest BCUT2D eigenvalue weighted by molar-refractivity contribution is 7.13. The number of amides is 1. The lowest BCUT2D eigenvalue weighted by Gasteiger charge is -2.04. The van der Waals surface area contributed by atoms with Crippen molar-refractivity contribution in [2.45, 2.75) is 0 Å². The molecule has 0 atom stereocenters. The lowest BCUT2D eigenvalue weighted by Crippen LogP contribution is -2.18. The van der Waals surface area contributed by atoms with Crippen LogP contribution in [0.5, 0.6) is 0 Å². The van der Waals surface area contributed by atoms with Crippen LogP contribution in [-0.2, 0) is 0 Å². The highest BCUT2D eigenvalue weighted by Crippen LogP contribution is 2.25. The molecular weight excluding hydrogens is 324 g/mol. The number of hydrogen-bond acceptors (Lipinski definition) is 4. The van der Waals surface area contributed by atoms with E-state index < -0.39 is 5.91 Å². The third-order valence-electron chi connectivity index (χ3n) is 3.67. The van der Waals surface area contributed by atoms with Crippen molar-refractivity contribution >= 4 is 33.2 Å². The van der Waals surface area contributed by atoms with Gasteiger partial charge in [-0.15, -0.1) is 0 Å². The first kappa shape index (κ1) is 14.4. The minimum Gasteiger partial charge on any atom is -0.314 e. The van der Waals surface area contributed by atoms with Crippen LogP contribution in [0.15, 0.2) is 59.4 Å². The molecule has 0 bridgehead atoms. The average Bonchev–Trinajstić information content (AvgIpc) is 3.20. The molecule has 0 fully saturated rings. The van der Waals surface area contributed by atoms with Crippen molar-refractivity contribution in [1.29, 1.82) is 0 Å². The van der Waals surface area contributed by atoms with Crippen LogP contribution >= 0.6 is 11.5 Å². The van der Waals surface area contributed by atoms with Gasteiger partial charge in [0, 0.05) is 10.9 Å². The number of nitrogens with one attached hydrogen (secondary N) is 3. The molecule has 24 heavy (non-hydrogen) atoms. The number of aromatic nitrogens is 3. The van der Waals surface area contributed by atoms with Gasteiger partial charge in [0.2, 0.25) is 0 Å². The quantitative estimate of drug-likeness (QED) is 0.536. The number of carbonyl (C=O) groups is 1. The van der Waals surface area contributed by atoms with Crippen LogP contribution < -0.4 is 10.9 Å². The molecule has 4 rings (SSSR count). The van der Waals surface area contributed by atoms with Gasteiger partial charge in [0.05, 0.1) is 10.4 Å². The predicted molar refractivity (Wildman–Crippen MR) is 94.4 cm³/mol. The Morgan fingerprint density at radius 2 is 1.75 bits per heavy atom. The number of H-pyrrole nitrogens is 2. The zero-order chi connectivity index (χ0) is 16.5. The maximum Gasteiger partial charge on any atom is 0.288 e. The lowest BCUT2D eigenvalue weighted by molar-refractivity contribution is 0.102. The predicted octanol–water partition coefficient (Wildman–Crippen LogP) is 3.23. The van der Waals surface area contributed by atoms with E-state index in [4.69, 9.17) is 0 Å². The van der Waals surface area contributed by atoms with E-state index in [9.17, 15) is 9.59 Å². The van der Waals surface area contributed by atoms with Crippen LogP contribution in [0.3, 0.4) is 0 Å². The van der Waals surface area contributed by atoms with Gasteiger partial charge >= 0.3 is 0 Å². The van der Waals surface area contributed by atoms with E-state index in [0.29, 0.717) is 11.4 Å². The molecule has 0 aliphatic rings. The standard InChI is InChI=1S/C17H12N4O2S/c22-16(14-11-8-4-5-9-12(11)24-21-14)18-15-13(19-20-17(15)23)10-6-2-1-3-7-10/h1-9H,(H,18,22)(H2,19,20,23). The summed E-state index contributed by atoms with van der Waals surface area (Å²) in [5.41, 5.74) is 1.45. The Hall–Kier alpha value is -3.19. The fraction of sp³-hybridized carbons (Fsp3) is 0. The van der Waals surface area contributed by atoms with Gasteiger partial charge in [-0.2, -0.15) is 4.37 Å². The van der Waals surface area contributed by atoms with E-state index in [0.717, 1.165) is 15.6 Å². The van der Waals surface area contributed by atoms with Gasteiger partial charge < -0.3 is 5.32 Å². The minimum atomic E-state index is -0.408. The first-order valence-electron chi connectivity index (χ1n) is 7.26. The summed E-state index contributed by atoms with van der Waals surface area (Å²) in [7, 11) is 0. The highest BCUT2D eigenvalue weighted by Gasteiger charge is 2.19. The summed E-state index contributed by atoms with van der Waals surface area (Å²) >= 11 is 1.26. The summed E-state index contributed by atoms with van der Waals surface area (Å²) in [5.74, 6) is -0.408. The highest BCUT2D eigenvalue weighted by atomic mass is 32.1. The van der Waals surface area contributed by atoms with Crippen molar-refractivity contribution in [3.8, 4) is 11.3 Å². The molecule has 3 N–H and O–H groups in total. The number of anilines is 1. The Bertz CT molecular complexity index is 1080. The number of fused-ring (bicyclic) bond motifs is 1. The van der Waals surface area contributed by atoms with Crippen molar-refractivity contribution in [2.75, 3.05) is 5.32 Å². The molecule has 0 spiro atoms. The maximum atomic E-state index is 12.6. The van der Waals surface area contributed by atoms with Gasteiger partial charge in [0.1, 0.15) is 11.4 Å². The van der Waals surface area contributed by atoms with E-state index in [1.807, 2.05) is 54.6 Å². The molecule has 6 nitrogen and oxygen atoms in total. The van der Waals surface area contributed by atoms with Crippen molar-refractivity contribution in [2.24, 2.45) is 0 Å². The third kappa shape index (κ3) is 2.40. The molecule has 2 aromatic carbocycles. The topological polar surface area (TPSA) is 90.6 Å². The SMILES string of the molecule is O=C(Nc1c(-c2ccccc2)[nH][nH]c1=O)c1nsc2ccccc12. The number of nitrogens with zero attached hydrogens (tertiary/aromatic N) is 1. The van der Waals surface area contributed by atoms with Crippen molar-refractivity contribution in [3.05, 3.63) is 70.6 Å². The second kappa shape index (κ2) is 5.78. The van der Waals surface area contributed by atoms with Gasteiger partial charge in [-0.1, -0.05) is 48.5 Å². The molecule has 0 saturated carbocycles. The van der Waals surface area contributed by atoms with Gasteiger partial charge in [0.25, 0.3) is 11.5 Å². The van der Waals surface area contributed by atoms with Gasteiger partial charge in [0.15, 0.2) is 0 Å². The summed E-state index contributed by atoms with van der Waals surface area (Å²) in [5, 5.41) is 8.77. The molecule has 118 valence electrons. The number of aromatic amines is 2. The summed E-state index contributed by atoms with van der Waals surface area (Å²) in [6.07, 6.45) is 0. The van der Waals surface area contributed by atoms with E-state index >= 15 is 0 Å². The molecule has 0 aliphatic carbocycles. The Labute approximate surface area is 140 Å². The number of benzene rings is 2. The van der Waals surface area contributed by atoms with E-state index in [1.165, 1.54) is 11.5 Å². The Morgan fingerprint density at radius 3 is 2.58 bits per heavy atom. The second-order valence-electron chi connectivity index (χ2n) is 5.18.